The summed E-state index contributed by atoms with van der Waals surface area (Å²) in [5.74, 6) is -0.194. The van der Waals surface area contributed by atoms with Crippen molar-refractivity contribution in [3.63, 3.8) is 0 Å². The van der Waals surface area contributed by atoms with E-state index in [1.165, 1.54) is 10.9 Å². The minimum Gasteiger partial charge on any atom is -0.466 e. The Bertz CT molecular complexity index is 415. The lowest BCUT2D eigenvalue weighted by molar-refractivity contribution is -0.384. The molecule has 0 unspecified atom stereocenters. The van der Waals surface area contributed by atoms with Crippen LogP contribution in [0, 0.1) is 10.1 Å². The van der Waals surface area contributed by atoms with Crippen molar-refractivity contribution in [1.82, 2.24) is 9.78 Å². The van der Waals surface area contributed by atoms with Crippen LogP contribution in [-0.4, -0.2) is 33.8 Å². The van der Waals surface area contributed by atoms with Crippen LogP contribution in [0.2, 0.25) is 0 Å². The molecule has 17 heavy (non-hydrogen) atoms. The highest BCUT2D eigenvalue weighted by molar-refractivity contribution is 5.70. The SMILES string of the molecule is CCOC(=O)CCNc1nn(C)cc1[N+](=O)[O-]. The molecule has 1 aromatic rings. The number of rotatable bonds is 6. The molecule has 1 heterocycles. The van der Waals surface area contributed by atoms with Gasteiger partial charge in [0.2, 0.25) is 5.82 Å². The first-order valence-electron chi connectivity index (χ1n) is 5.12. The Labute approximate surface area is 97.7 Å². The first-order chi connectivity index (χ1) is 8.04. The average molecular weight is 242 g/mol. The molecule has 0 saturated carbocycles. The van der Waals surface area contributed by atoms with Crippen LogP contribution in [0.15, 0.2) is 6.20 Å². The highest BCUT2D eigenvalue weighted by Crippen LogP contribution is 2.20. The summed E-state index contributed by atoms with van der Waals surface area (Å²) in [7, 11) is 1.59. The number of carbonyl (C=O) groups excluding carboxylic acids is 1. The van der Waals surface area contributed by atoms with E-state index in [0.717, 1.165) is 0 Å². The normalized spacial score (nSPS) is 10.0. The first kappa shape index (κ1) is 12.9. The van der Waals surface area contributed by atoms with Gasteiger partial charge in [0, 0.05) is 13.6 Å². The van der Waals surface area contributed by atoms with Crippen LogP contribution in [-0.2, 0) is 16.6 Å². The van der Waals surface area contributed by atoms with Gasteiger partial charge in [-0.15, -0.1) is 5.10 Å². The van der Waals surface area contributed by atoms with Crippen LogP contribution in [0.4, 0.5) is 11.5 Å². The van der Waals surface area contributed by atoms with Gasteiger partial charge < -0.3 is 10.1 Å². The highest BCUT2D eigenvalue weighted by atomic mass is 16.6. The van der Waals surface area contributed by atoms with Crippen molar-refractivity contribution in [1.29, 1.82) is 0 Å². The van der Waals surface area contributed by atoms with Crippen LogP contribution >= 0.6 is 0 Å². The van der Waals surface area contributed by atoms with Crippen LogP contribution in [0.3, 0.4) is 0 Å². The molecule has 1 aromatic heterocycles. The van der Waals surface area contributed by atoms with E-state index in [0.29, 0.717) is 6.61 Å². The highest BCUT2D eigenvalue weighted by Gasteiger charge is 2.18. The third kappa shape index (κ3) is 3.74. The molecule has 1 N–H and O–H groups in total. The Morgan fingerprint density at radius 1 is 1.71 bits per heavy atom. The molecule has 1 rings (SSSR count). The van der Waals surface area contributed by atoms with Crippen molar-refractivity contribution in [2.45, 2.75) is 13.3 Å². The summed E-state index contributed by atoms with van der Waals surface area (Å²) < 4.78 is 6.06. The standard InChI is InChI=1S/C9H14N4O4/c1-3-17-8(14)4-5-10-9-7(13(15)16)6-12(2)11-9/h6H,3-5H2,1-2H3,(H,10,11). The van der Waals surface area contributed by atoms with Gasteiger partial charge in [0.15, 0.2) is 0 Å². The lowest BCUT2D eigenvalue weighted by Gasteiger charge is -2.02. The fraction of sp³-hybridized carbons (Fsp3) is 0.556. The number of aryl methyl sites for hydroxylation is 1. The molecule has 0 radical (unpaired) electrons. The largest absolute Gasteiger partial charge is 0.466 e. The number of hydrogen-bond acceptors (Lipinski definition) is 6. The van der Waals surface area contributed by atoms with E-state index in [-0.39, 0.29) is 30.4 Å². The van der Waals surface area contributed by atoms with Crippen molar-refractivity contribution < 1.29 is 14.5 Å². The summed E-state index contributed by atoms with van der Waals surface area (Å²) in [6.07, 6.45) is 1.44. The zero-order valence-corrected chi connectivity index (χ0v) is 9.67. The molecule has 0 aliphatic rings. The Balaban J connectivity index is 2.51. The maximum absolute atomic E-state index is 11.0. The first-order valence-corrected chi connectivity index (χ1v) is 5.12. The predicted octanol–water partition coefficient (Wildman–Crippen LogP) is 0.693. The van der Waals surface area contributed by atoms with Crippen LogP contribution in [0.1, 0.15) is 13.3 Å². The van der Waals surface area contributed by atoms with Gasteiger partial charge in [0.25, 0.3) is 0 Å². The van der Waals surface area contributed by atoms with Crippen LogP contribution in [0.5, 0.6) is 0 Å². The van der Waals surface area contributed by atoms with Crippen LogP contribution in [0.25, 0.3) is 0 Å². The second-order valence-corrected chi connectivity index (χ2v) is 3.28. The van der Waals surface area contributed by atoms with E-state index in [1.54, 1.807) is 14.0 Å². The van der Waals surface area contributed by atoms with Gasteiger partial charge >= 0.3 is 11.7 Å². The lowest BCUT2D eigenvalue weighted by atomic mass is 10.4. The second kappa shape index (κ2) is 5.83. The van der Waals surface area contributed by atoms with Gasteiger partial charge in [-0.05, 0) is 6.92 Å². The van der Waals surface area contributed by atoms with Gasteiger partial charge in [-0.3, -0.25) is 19.6 Å². The fourth-order valence-electron chi connectivity index (χ4n) is 1.25. The molecule has 8 nitrogen and oxygen atoms in total. The molecular formula is C9H14N4O4. The quantitative estimate of drug-likeness (QED) is 0.447. The smallest absolute Gasteiger partial charge is 0.330 e. The van der Waals surface area contributed by atoms with E-state index in [1.807, 2.05) is 0 Å². The molecule has 0 aliphatic carbocycles. The van der Waals surface area contributed by atoms with Gasteiger partial charge in [-0.25, -0.2) is 0 Å². The maximum atomic E-state index is 11.0. The zero-order chi connectivity index (χ0) is 12.8. The molecule has 0 spiro atoms. The summed E-state index contributed by atoms with van der Waals surface area (Å²) in [6, 6.07) is 0. The Morgan fingerprint density at radius 2 is 2.41 bits per heavy atom. The van der Waals surface area contributed by atoms with Crippen molar-refractivity contribution in [3.8, 4) is 0 Å². The fourth-order valence-corrected chi connectivity index (χ4v) is 1.25. The number of nitrogens with zero attached hydrogens (tertiary/aromatic N) is 3. The number of nitro groups is 1. The monoisotopic (exact) mass is 242 g/mol. The molecule has 8 heteroatoms. The number of aromatic nitrogens is 2. The third-order valence-corrected chi connectivity index (χ3v) is 1.93. The van der Waals surface area contributed by atoms with Crippen molar-refractivity contribution in [3.05, 3.63) is 16.3 Å². The van der Waals surface area contributed by atoms with Gasteiger partial charge in [-0.2, -0.15) is 0 Å². The van der Waals surface area contributed by atoms with Crippen molar-refractivity contribution in [2.24, 2.45) is 7.05 Å². The summed E-state index contributed by atoms with van der Waals surface area (Å²) in [5.41, 5.74) is -0.114. The van der Waals surface area contributed by atoms with Crippen molar-refractivity contribution >= 4 is 17.5 Å². The van der Waals surface area contributed by atoms with E-state index in [2.05, 4.69) is 10.4 Å². The summed E-state index contributed by atoms with van der Waals surface area (Å²) in [5, 5.41) is 17.3. The summed E-state index contributed by atoms with van der Waals surface area (Å²) in [6.45, 7) is 2.29. The molecule has 0 atom stereocenters. The van der Waals surface area contributed by atoms with Gasteiger partial charge in [-0.1, -0.05) is 0 Å². The molecule has 0 aromatic carbocycles. The van der Waals surface area contributed by atoms with E-state index < -0.39 is 4.92 Å². The molecule has 0 amide bonds. The number of nitrogens with one attached hydrogen (secondary N) is 1. The topological polar surface area (TPSA) is 99.3 Å². The number of hydrogen-bond donors (Lipinski definition) is 1. The van der Waals surface area contributed by atoms with Crippen molar-refractivity contribution in [2.75, 3.05) is 18.5 Å². The van der Waals surface area contributed by atoms with Gasteiger partial charge in [0.1, 0.15) is 6.20 Å². The number of esters is 1. The molecular weight excluding hydrogens is 228 g/mol. The van der Waals surface area contributed by atoms with Crippen LogP contribution < -0.4 is 5.32 Å². The second-order valence-electron chi connectivity index (χ2n) is 3.28. The Kier molecular flexibility index (Phi) is 4.44. The van der Waals surface area contributed by atoms with E-state index in [9.17, 15) is 14.9 Å². The molecule has 0 fully saturated rings. The third-order valence-electron chi connectivity index (χ3n) is 1.93. The summed E-state index contributed by atoms with van der Waals surface area (Å²) in [4.78, 5) is 21.2. The number of ether oxygens (including phenoxy) is 1. The zero-order valence-electron chi connectivity index (χ0n) is 9.67. The molecule has 0 bridgehead atoms. The molecule has 0 saturated heterocycles. The number of anilines is 1. The van der Waals surface area contributed by atoms with Gasteiger partial charge in [0.05, 0.1) is 18.0 Å². The maximum Gasteiger partial charge on any atom is 0.330 e. The Hall–Kier alpha value is -2.12. The van der Waals surface area contributed by atoms with E-state index in [4.69, 9.17) is 4.74 Å². The Morgan fingerprint density at radius 3 is 3.00 bits per heavy atom. The lowest BCUT2D eigenvalue weighted by Crippen LogP contribution is -2.12. The number of carbonyl (C=O) groups is 1. The van der Waals surface area contributed by atoms with E-state index >= 15 is 0 Å². The summed E-state index contributed by atoms with van der Waals surface area (Å²) >= 11 is 0. The molecule has 0 aliphatic heterocycles. The predicted molar refractivity (Wildman–Crippen MR) is 59.6 cm³/mol. The average Bonchev–Trinajstić information content (AvgIpc) is 2.60. The molecule has 94 valence electrons. The minimum absolute atomic E-state index is 0.114. The minimum atomic E-state index is -0.528.